The highest BCUT2D eigenvalue weighted by molar-refractivity contribution is 5.35. The van der Waals surface area contributed by atoms with Gasteiger partial charge in [0.25, 0.3) is 5.69 Å². The lowest BCUT2D eigenvalue weighted by molar-refractivity contribution is -0.384. The number of nitro groups is 1. The highest BCUT2D eigenvalue weighted by atomic mass is 16.6. The molecule has 0 heterocycles. The van der Waals surface area contributed by atoms with Gasteiger partial charge in [-0.15, -0.1) is 0 Å². The molecule has 0 saturated carbocycles. The van der Waals surface area contributed by atoms with Crippen LogP contribution in [0.1, 0.15) is 11.1 Å². The van der Waals surface area contributed by atoms with Crippen LogP contribution in [0.5, 0.6) is 5.75 Å². The zero-order valence-electron chi connectivity index (χ0n) is 12.7. The largest absolute Gasteiger partial charge is 0.508 e. The first-order chi connectivity index (χ1) is 11.1. The minimum Gasteiger partial charge on any atom is -0.508 e. The first-order valence-electron chi connectivity index (χ1n) is 7.44. The van der Waals surface area contributed by atoms with Gasteiger partial charge < -0.3 is 15.5 Å². The summed E-state index contributed by atoms with van der Waals surface area (Å²) in [5, 5.41) is 32.5. The van der Waals surface area contributed by atoms with Crippen LogP contribution < -0.4 is 5.32 Å². The van der Waals surface area contributed by atoms with E-state index in [1.807, 2.05) is 18.2 Å². The average Bonchev–Trinajstić information content (AvgIpc) is 2.55. The average molecular weight is 316 g/mol. The second kappa shape index (κ2) is 8.26. The number of aromatic hydroxyl groups is 1. The van der Waals surface area contributed by atoms with Crippen LogP contribution in [0, 0.1) is 10.1 Å². The molecule has 0 aromatic heterocycles. The van der Waals surface area contributed by atoms with Crippen molar-refractivity contribution in [1.29, 1.82) is 0 Å². The molecule has 0 radical (unpaired) electrons. The molecule has 1 unspecified atom stereocenters. The lowest BCUT2D eigenvalue weighted by atomic mass is 9.98. The second-order valence-corrected chi connectivity index (χ2v) is 5.38. The minimum absolute atomic E-state index is 0.0288. The van der Waals surface area contributed by atoms with Gasteiger partial charge in [0.05, 0.1) is 11.5 Å². The van der Waals surface area contributed by atoms with Gasteiger partial charge in [-0.1, -0.05) is 24.3 Å². The van der Waals surface area contributed by atoms with E-state index in [1.165, 1.54) is 6.07 Å². The molecule has 6 nitrogen and oxygen atoms in total. The first-order valence-corrected chi connectivity index (χ1v) is 7.44. The van der Waals surface area contributed by atoms with Gasteiger partial charge in [0.1, 0.15) is 5.75 Å². The third-order valence-corrected chi connectivity index (χ3v) is 3.57. The van der Waals surface area contributed by atoms with Crippen molar-refractivity contribution in [3.8, 4) is 5.75 Å². The van der Waals surface area contributed by atoms with Gasteiger partial charge in [-0.05, 0) is 36.1 Å². The molecule has 2 rings (SSSR count). The molecule has 0 fully saturated rings. The minimum atomic E-state index is -0.403. The standard InChI is InChI=1S/C17H20N2O4/c20-9-8-18-15(10-13-4-6-17(21)7-5-13)11-14-2-1-3-16(12-14)19(22)23/h1-7,12,15,18,20-21H,8-11H2. The number of hydrogen-bond acceptors (Lipinski definition) is 5. The molecule has 0 aliphatic rings. The summed E-state index contributed by atoms with van der Waals surface area (Å²) in [6, 6.07) is 13.6. The highest BCUT2D eigenvalue weighted by Crippen LogP contribution is 2.17. The van der Waals surface area contributed by atoms with Crippen LogP contribution in [-0.2, 0) is 12.8 Å². The summed E-state index contributed by atoms with van der Waals surface area (Å²) in [5.41, 5.74) is 1.99. The predicted molar refractivity (Wildman–Crippen MR) is 87.5 cm³/mol. The van der Waals surface area contributed by atoms with Crippen molar-refractivity contribution in [2.75, 3.05) is 13.2 Å². The van der Waals surface area contributed by atoms with E-state index in [-0.39, 0.29) is 24.1 Å². The molecular weight excluding hydrogens is 296 g/mol. The fourth-order valence-corrected chi connectivity index (χ4v) is 2.48. The van der Waals surface area contributed by atoms with E-state index < -0.39 is 4.92 Å². The molecule has 0 aliphatic carbocycles. The normalized spacial score (nSPS) is 12.0. The number of rotatable bonds is 8. The van der Waals surface area contributed by atoms with E-state index in [1.54, 1.807) is 24.3 Å². The fraction of sp³-hybridized carbons (Fsp3) is 0.294. The van der Waals surface area contributed by atoms with Gasteiger partial charge >= 0.3 is 0 Å². The number of phenolic OH excluding ortho intramolecular Hbond substituents is 1. The number of hydrogen-bond donors (Lipinski definition) is 3. The van der Waals surface area contributed by atoms with Gasteiger partial charge in [0, 0.05) is 24.7 Å². The number of non-ortho nitro benzene ring substituents is 1. The van der Waals surface area contributed by atoms with E-state index >= 15 is 0 Å². The van der Waals surface area contributed by atoms with Gasteiger partial charge in [-0.3, -0.25) is 10.1 Å². The Kier molecular flexibility index (Phi) is 6.08. The third kappa shape index (κ3) is 5.36. The fourth-order valence-electron chi connectivity index (χ4n) is 2.48. The summed E-state index contributed by atoms with van der Waals surface area (Å²) in [6.45, 7) is 0.485. The van der Waals surface area contributed by atoms with Crippen LogP contribution in [0.3, 0.4) is 0 Å². The predicted octanol–water partition coefficient (Wildman–Crippen LogP) is 2.04. The van der Waals surface area contributed by atoms with Crippen LogP contribution in [0.15, 0.2) is 48.5 Å². The summed E-state index contributed by atoms with van der Waals surface area (Å²) in [6.07, 6.45) is 1.31. The van der Waals surface area contributed by atoms with Crippen molar-refractivity contribution < 1.29 is 15.1 Å². The summed E-state index contributed by atoms with van der Waals surface area (Å²) >= 11 is 0. The van der Waals surface area contributed by atoms with Crippen molar-refractivity contribution in [2.24, 2.45) is 0 Å². The summed E-state index contributed by atoms with van der Waals surface area (Å²) < 4.78 is 0. The Morgan fingerprint density at radius 2 is 1.78 bits per heavy atom. The Morgan fingerprint density at radius 1 is 1.09 bits per heavy atom. The molecule has 0 spiro atoms. The van der Waals surface area contributed by atoms with Crippen molar-refractivity contribution in [3.05, 3.63) is 69.8 Å². The molecule has 0 saturated heterocycles. The Morgan fingerprint density at radius 3 is 2.43 bits per heavy atom. The van der Waals surface area contributed by atoms with Crippen molar-refractivity contribution >= 4 is 5.69 Å². The smallest absolute Gasteiger partial charge is 0.269 e. The Bertz CT molecular complexity index is 643. The molecule has 122 valence electrons. The number of nitro benzene ring substituents is 1. The van der Waals surface area contributed by atoms with E-state index in [9.17, 15) is 15.2 Å². The maximum atomic E-state index is 10.9. The third-order valence-electron chi connectivity index (χ3n) is 3.57. The van der Waals surface area contributed by atoms with Crippen LogP contribution in [0.2, 0.25) is 0 Å². The maximum absolute atomic E-state index is 10.9. The number of aliphatic hydroxyl groups is 1. The van der Waals surface area contributed by atoms with Crippen LogP contribution >= 0.6 is 0 Å². The van der Waals surface area contributed by atoms with Gasteiger partial charge in [0.2, 0.25) is 0 Å². The summed E-state index contributed by atoms with van der Waals surface area (Å²) in [7, 11) is 0. The number of nitrogens with one attached hydrogen (secondary N) is 1. The van der Waals surface area contributed by atoms with Crippen molar-refractivity contribution in [3.63, 3.8) is 0 Å². The SMILES string of the molecule is O=[N+]([O-])c1cccc(CC(Cc2ccc(O)cc2)NCCO)c1. The highest BCUT2D eigenvalue weighted by Gasteiger charge is 2.13. The number of benzene rings is 2. The van der Waals surface area contributed by atoms with Gasteiger partial charge in [-0.25, -0.2) is 0 Å². The van der Waals surface area contributed by atoms with E-state index in [4.69, 9.17) is 5.11 Å². The van der Waals surface area contributed by atoms with Crippen molar-refractivity contribution in [1.82, 2.24) is 5.32 Å². The number of nitrogens with zero attached hydrogens (tertiary/aromatic N) is 1. The first kappa shape index (κ1) is 16.9. The Labute approximate surface area is 134 Å². The van der Waals surface area contributed by atoms with Crippen LogP contribution in [-0.4, -0.2) is 34.3 Å². The summed E-state index contributed by atoms with van der Waals surface area (Å²) in [4.78, 5) is 10.5. The topological polar surface area (TPSA) is 95.6 Å². The molecular formula is C17H20N2O4. The van der Waals surface area contributed by atoms with Crippen molar-refractivity contribution in [2.45, 2.75) is 18.9 Å². The second-order valence-electron chi connectivity index (χ2n) is 5.38. The molecule has 0 aliphatic heterocycles. The molecule has 1 atom stereocenters. The van der Waals surface area contributed by atoms with Gasteiger partial charge in [0.15, 0.2) is 0 Å². The Balaban J connectivity index is 2.09. The summed E-state index contributed by atoms with van der Waals surface area (Å²) in [5.74, 6) is 0.215. The molecule has 2 aromatic carbocycles. The van der Waals surface area contributed by atoms with Gasteiger partial charge in [-0.2, -0.15) is 0 Å². The molecule has 23 heavy (non-hydrogen) atoms. The monoisotopic (exact) mass is 316 g/mol. The van der Waals surface area contributed by atoms with E-state index in [0.717, 1.165) is 11.1 Å². The zero-order valence-corrected chi connectivity index (χ0v) is 12.7. The lowest BCUT2D eigenvalue weighted by Gasteiger charge is -2.18. The zero-order chi connectivity index (χ0) is 16.7. The number of aliphatic hydroxyl groups excluding tert-OH is 1. The van der Waals surface area contributed by atoms with E-state index in [2.05, 4.69) is 5.32 Å². The Hall–Kier alpha value is -2.44. The molecule has 0 bridgehead atoms. The van der Waals surface area contributed by atoms with Crippen LogP contribution in [0.25, 0.3) is 0 Å². The molecule has 0 amide bonds. The quantitative estimate of drug-likeness (QED) is 0.511. The number of phenols is 1. The van der Waals surface area contributed by atoms with Crippen LogP contribution in [0.4, 0.5) is 5.69 Å². The lowest BCUT2D eigenvalue weighted by Crippen LogP contribution is -2.35. The molecule has 3 N–H and O–H groups in total. The molecule has 2 aromatic rings. The van der Waals surface area contributed by atoms with E-state index in [0.29, 0.717) is 19.4 Å². The maximum Gasteiger partial charge on any atom is 0.269 e. The molecule has 6 heteroatoms.